The Bertz CT molecular complexity index is 1100. The molecule has 0 spiro atoms. The standard InChI is InChI=1S/C21H18N2O4S/c1-13-7-8-14(2)18(9-13)25-11-20-22-23-21(27-20)28-12-16(24)19-10-15-5-3-4-6-17(15)26-19/h3-10H,11-12H2,1-2H3. The molecule has 0 unspecified atom stereocenters. The molecule has 4 rings (SSSR count). The summed E-state index contributed by atoms with van der Waals surface area (Å²) in [7, 11) is 0. The summed E-state index contributed by atoms with van der Waals surface area (Å²) in [6.45, 7) is 4.16. The van der Waals surface area contributed by atoms with E-state index < -0.39 is 0 Å². The molecule has 0 bridgehead atoms. The van der Waals surface area contributed by atoms with Crippen LogP contribution in [-0.2, 0) is 6.61 Å². The van der Waals surface area contributed by atoms with Crippen LogP contribution in [0.2, 0.25) is 0 Å². The number of fused-ring (bicyclic) bond motifs is 1. The van der Waals surface area contributed by atoms with Crippen LogP contribution in [0, 0.1) is 13.8 Å². The minimum absolute atomic E-state index is 0.132. The summed E-state index contributed by atoms with van der Waals surface area (Å²) >= 11 is 1.18. The number of aromatic nitrogens is 2. The van der Waals surface area contributed by atoms with Gasteiger partial charge in [-0.25, -0.2) is 0 Å². The third-order valence-corrected chi connectivity index (χ3v) is 4.99. The Labute approximate surface area is 165 Å². The van der Waals surface area contributed by atoms with Gasteiger partial charge >= 0.3 is 0 Å². The van der Waals surface area contributed by atoms with Crippen LogP contribution < -0.4 is 4.74 Å². The fourth-order valence-corrected chi connectivity index (χ4v) is 3.33. The molecule has 28 heavy (non-hydrogen) atoms. The SMILES string of the molecule is Cc1ccc(C)c(OCc2nnc(SCC(=O)c3cc4ccccc4o3)o2)c1. The van der Waals surface area contributed by atoms with E-state index in [0.29, 0.717) is 22.5 Å². The van der Waals surface area contributed by atoms with E-state index in [9.17, 15) is 4.79 Å². The number of thioether (sulfide) groups is 1. The first-order valence-corrected chi connectivity index (χ1v) is 9.74. The first kappa shape index (κ1) is 18.3. The summed E-state index contributed by atoms with van der Waals surface area (Å²) < 4.78 is 16.9. The molecule has 7 heteroatoms. The van der Waals surface area contributed by atoms with Crippen LogP contribution in [0.5, 0.6) is 5.75 Å². The Morgan fingerprint density at radius 2 is 1.93 bits per heavy atom. The van der Waals surface area contributed by atoms with Crippen molar-refractivity contribution < 1.29 is 18.4 Å². The van der Waals surface area contributed by atoms with Crippen molar-refractivity contribution in [3.05, 3.63) is 71.3 Å². The zero-order valence-electron chi connectivity index (χ0n) is 15.5. The zero-order valence-corrected chi connectivity index (χ0v) is 16.3. The highest BCUT2D eigenvalue weighted by Gasteiger charge is 2.15. The van der Waals surface area contributed by atoms with E-state index in [2.05, 4.69) is 10.2 Å². The fourth-order valence-electron chi connectivity index (χ4n) is 2.67. The van der Waals surface area contributed by atoms with Crippen LogP contribution in [0.3, 0.4) is 0 Å². The van der Waals surface area contributed by atoms with Crippen molar-refractivity contribution in [2.75, 3.05) is 5.75 Å². The van der Waals surface area contributed by atoms with E-state index in [1.54, 1.807) is 6.07 Å². The number of aryl methyl sites for hydroxylation is 2. The zero-order chi connectivity index (χ0) is 19.5. The van der Waals surface area contributed by atoms with Gasteiger partial charge in [-0.05, 0) is 43.2 Å². The van der Waals surface area contributed by atoms with Crippen molar-refractivity contribution in [1.82, 2.24) is 10.2 Å². The summed E-state index contributed by atoms with van der Waals surface area (Å²) in [5, 5.41) is 9.16. The molecule has 0 amide bonds. The maximum atomic E-state index is 12.3. The molecule has 2 aromatic heterocycles. The van der Waals surface area contributed by atoms with Crippen molar-refractivity contribution in [2.45, 2.75) is 25.7 Å². The molecule has 6 nitrogen and oxygen atoms in total. The summed E-state index contributed by atoms with van der Waals surface area (Å²) in [4.78, 5) is 12.3. The predicted molar refractivity (Wildman–Crippen MR) is 106 cm³/mol. The van der Waals surface area contributed by atoms with E-state index in [0.717, 1.165) is 22.3 Å². The molecule has 0 aliphatic carbocycles. The topological polar surface area (TPSA) is 78.4 Å². The number of benzene rings is 2. The Morgan fingerprint density at radius 1 is 1.07 bits per heavy atom. The minimum Gasteiger partial charge on any atom is -0.484 e. The number of rotatable bonds is 7. The van der Waals surface area contributed by atoms with E-state index in [-0.39, 0.29) is 18.1 Å². The molecule has 0 atom stereocenters. The van der Waals surface area contributed by atoms with Gasteiger partial charge < -0.3 is 13.6 Å². The largest absolute Gasteiger partial charge is 0.484 e. The summed E-state index contributed by atoms with van der Waals surface area (Å²) in [5.41, 5.74) is 2.85. The first-order valence-electron chi connectivity index (χ1n) is 8.75. The number of ketones is 1. The Kier molecular flexibility index (Phi) is 5.16. The van der Waals surface area contributed by atoms with Gasteiger partial charge in [-0.3, -0.25) is 4.79 Å². The Hall–Kier alpha value is -3.06. The van der Waals surface area contributed by atoms with Crippen LogP contribution >= 0.6 is 11.8 Å². The molecular weight excluding hydrogens is 376 g/mol. The lowest BCUT2D eigenvalue weighted by atomic mass is 10.1. The lowest BCUT2D eigenvalue weighted by Crippen LogP contribution is -2.00. The van der Waals surface area contributed by atoms with E-state index in [1.165, 1.54) is 11.8 Å². The lowest BCUT2D eigenvalue weighted by molar-refractivity contribution is 0.0994. The highest BCUT2D eigenvalue weighted by molar-refractivity contribution is 7.99. The minimum atomic E-state index is -0.132. The molecular formula is C21H18N2O4S. The highest BCUT2D eigenvalue weighted by Crippen LogP contribution is 2.24. The molecule has 0 saturated carbocycles. The molecule has 0 radical (unpaired) electrons. The van der Waals surface area contributed by atoms with Crippen LogP contribution in [0.25, 0.3) is 11.0 Å². The molecule has 0 aliphatic rings. The van der Waals surface area contributed by atoms with Gasteiger partial charge in [0.25, 0.3) is 11.1 Å². The van der Waals surface area contributed by atoms with Crippen LogP contribution in [0.4, 0.5) is 0 Å². The van der Waals surface area contributed by atoms with E-state index in [1.807, 2.05) is 56.3 Å². The molecule has 142 valence electrons. The predicted octanol–water partition coefficient (Wildman–Crippen LogP) is 4.99. The van der Waals surface area contributed by atoms with Crippen molar-refractivity contribution in [1.29, 1.82) is 0 Å². The van der Waals surface area contributed by atoms with Gasteiger partial charge in [0.2, 0.25) is 5.78 Å². The monoisotopic (exact) mass is 394 g/mol. The van der Waals surface area contributed by atoms with Crippen molar-refractivity contribution in [3.8, 4) is 5.75 Å². The number of furan rings is 1. The number of hydrogen-bond donors (Lipinski definition) is 0. The normalized spacial score (nSPS) is 11.1. The molecule has 0 N–H and O–H groups in total. The number of ether oxygens (including phenoxy) is 1. The lowest BCUT2D eigenvalue weighted by Gasteiger charge is -2.07. The number of nitrogens with zero attached hydrogens (tertiary/aromatic N) is 2. The Balaban J connectivity index is 1.34. The third kappa shape index (κ3) is 4.09. The van der Waals surface area contributed by atoms with Crippen LogP contribution in [0.15, 0.2) is 62.6 Å². The van der Waals surface area contributed by atoms with Gasteiger partial charge in [-0.1, -0.05) is 42.1 Å². The van der Waals surface area contributed by atoms with Gasteiger partial charge in [0.15, 0.2) is 12.4 Å². The van der Waals surface area contributed by atoms with Gasteiger partial charge in [-0.15, -0.1) is 10.2 Å². The average Bonchev–Trinajstić information content (AvgIpc) is 3.33. The van der Waals surface area contributed by atoms with Gasteiger partial charge in [0.05, 0.1) is 5.75 Å². The quantitative estimate of drug-likeness (QED) is 0.323. The van der Waals surface area contributed by atoms with Crippen molar-refractivity contribution in [2.24, 2.45) is 0 Å². The van der Waals surface area contributed by atoms with E-state index >= 15 is 0 Å². The molecule has 2 heterocycles. The number of hydrogen-bond acceptors (Lipinski definition) is 7. The van der Waals surface area contributed by atoms with Gasteiger partial charge in [-0.2, -0.15) is 0 Å². The van der Waals surface area contributed by atoms with Crippen molar-refractivity contribution in [3.63, 3.8) is 0 Å². The molecule has 0 aliphatic heterocycles. The number of para-hydroxylation sites is 1. The maximum absolute atomic E-state index is 12.3. The number of Topliss-reactive ketones (excluding diaryl/α,β-unsaturated/α-hetero) is 1. The van der Waals surface area contributed by atoms with Crippen molar-refractivity contribution >= 4 is 28.5 Å². The highest BCUT2D eigenvalue weighted by atomic mass is 32.2. The van der Waals surface area contributed by atoms with E-state index in [4.69, 9.17) is 13.6 Å². The fraction of sp³-hybridized carbons (Fsp3) is 0.190. The van der Waals surface area contributed by atoms with Gasteiger partial charge in [0, 0.05) is 5.39 Å². The van der Waals surface area contributed by atoms with Crippen LogP contribution in [-0.4, -0.2) is 21.7 Å². The first-order chi connectivity index (χ1) is 13.6. The summed E-state index contributed by atoms with van der Waals surface area (Å²) in [6.07, 6.45) is 0. The second kappa shape index (κ2) is 7.90. The Morgan fingerprint density at radius 3 is 2.79 bits per heavy atom. The maximum Gasteiger partial charge on any atom is 0.277 e. The number of carbonyl (C=O) groups excluding carboxylic acids is 1. The molecule has 0 saturated heterocycles. The smallest absolute Gasteiger partial charge is 0.277 e. The second-order valence-corrected chi connectivity index (χ2v) is 7.31. The second-order valence-electron chi connectivity index (χ2n) is 6.38. The third-order valence-electron chi connectivity index (χ3n) is 4.17. The molecule has 4 aromatic rings. The van der Waals surface area contributed by atoms with Gasteiger partial charge in [0.1, 0.15) is 11.3 Å². The summed E-state index contributed by atoms with van der Waals surface area (Å²) in [5.74, 6) is 1.49. The molecule has 2 aromatic carbocycles. The van der Waals surface area contributed by atoms with Crippen LogP contribution in [0.1, 0.15) is 27.6 Å². The average molecular weight is 394 g/mol. The number of carbonyl (C=O) groups is 1. The summed E-state index contributed by atoms with van der Waals surface area (Å²) in [6, 6.07) is 15.3. The molecule has 0 fully saturated rings.